The second-order valence-electron chi connectivity index (χ2n) is 4.20. The van der Waals surface area contributed by atoms with E-state index in [1.54, 1.807) is 13.0 Å². The molecular formula is C13H12ClN3O4. The monoisotopic (exact) mass is 309 g/mol. The highest BCUT2D eigenvalue weighted by Gasteiger charge is 2.33. The van der Waals surface area contributed by atoms with Gasteiger partial charge in [-0.2, -0.15) is 5.26 Å². The van der Waals surface area contributed by atoms with Gasteiger partial charge in [0.2, 0.25) is 5.91 Å². The Labute approximate surface area is 125 Å². The van der Waals surface area contributed by atoms with Crippen molar-refractivity contribution in [1.82, 2.24) is 4.90 Å². The van der Waals surface area contributed by atoms with E-state index in [0.717, 1.165) is 12.1 Å². The van der Waals surface area contributed by atoms with Crippen molar-refractivity contribution in [3.63, 3.8) is 0 Å². The number of carbonyl (C=O) groups is 2. The molecule has 21 heavy (non-hydrogen) atoms. The molecule has 0 spiro atoms. The first-order valence-corrected chi connectivity index (χ1v) is 6.34. The highest BCUT2D eigenvalue weighted by Crippen LogP contribution is 2.26. The Morgan fingerprint density at radius 3 is 2.62 bits per heavy atom. The third-order valence-electron chi connectivity index (χ3n) is 2.91. The van der Waals surface area contributed by atoms with Crippen LogP contribution >= 0.6 is 11.6 Å². The molecule has 0 aliphatic heterocycles. The molecule has 0 aliphatic rings. The van der Waals surface area contributed by atoms with E-state index < -0.39 is 28.2 Å². The van der Waals surface area contributed by atoms with Gasteiger partial charge in [0.1, 0.15) is 0 Å². The molecule has 0 saturated carbocycles. The normalized spacial score (nSPS) is 11.3. The minimum atomic E-state index is -1.62. The Balaban J connectivity index is 3.27. The van der Waals surface area contributed by atoms with E-state index in [1.165, 1.54) is 18.0 Å². The molecule has 1 rings (SSSR count). The van der Waals surface area contributed by atoms with E-state index in [-0.39, 0.29) is 10.6 Å². The van der Waals surface area contributed by atoms with Gasteiger partial charge in [-0.15, -0.1) is 0 Å². The Kier molecular flexibility index (Phi) is 5.38. The number of hydrogen-bond donors (Lipinski definition) is 0. The summed E-state index contributed by atoms with van der Waals surface area (Å²) in [5, 5.41) is 20.1. The summed E-state index contributed by atoms with van der Waals surface area (Å²) < 4.78 is 0. The smallest absolute Gasteiger partial charge is 0.281 e. The minimum Gasteiger partial charge on any atom is -0.344 e. The predicted molar refractivity (Wildman–Crippen MR) is 74.9 cm³/mol. The predicted octanol–water partition coefficient (Wildman–Crippen LogP) is 2.05. The van der Waals surface area contributed by atoms with Gasteiger partial charge in [-0.25, -0.2) is 0 Å². The molecule has 0 radical (unpaired) electrons. The molecule has 1 unspecified atom stereocenters. The number of hydrogen-bond acceptors (Lipinski definition) is 5. The van der Waals surface area contributed by atoms with Crippen LogP contribution in [0.5, 0.6) is 0 Å². The topological polar surface area (TPSA) is 104 Å². The molecule has 1 aromatic rings. The Morgan fingerprint density at radius 1 is 1.52 bits per heavy atom. The average molecular weight is 310 g/mol. The number of nitriles is 1. The van der Waals surface area contributed by atoms with Gasteiger partial charge in [-0.05, 0) is 19.1 Å². The summed E-state index contributed by atoms with van der Waals surface area (Å²) in [6.07, 6.45) is 0. The number of nitrogens with zero attached hydrogens (tertiary/aromatic N) is 3. The van der Waals surface area contributed by atoms with Crippen LogP contribution in [0.4, 0.5) is 5.69 Å². The van der Waals surface area contributed by atoms with Crippen molar-refractivity contribution in [2.45, 2.75) is 6.92 Å². The number of rotatable bonds is 5. The Morgan fingerprint density at radius 2 is 2.14 bits per heavy atom. The van der Waals surface area contributed by atoms with Crippen molar-refractivity contribution in [2.75, 3.05) is 13.6 Å². The lowest BCUT2D eigenvalue weighted by Gasteiger charge is -2.17. The molecule has 1 atom stereocenters. The minimum absolute atomic E-state index is 0.0868. The lowest BCUT2D eigenvalue weighted by molar-refractivity contribution is -0.385. The van der Waals surface area contributed by atoms with Gasteiger partial charge in [-0.1, -0.05) is 11.6 Å². The van der Waals surface area contributed by atoms with Crippen LogP contribution in [-0.4, -0.2) is 35.1 Å². The number of amides is 1. The lowest BCUT2D eigenvalue weighted by atomic mass is 9.96. The summed E-state index contributed by atoms with van der Waals surface area (Å²) in [4.78, 5) is 35.6. The van der Waals surface area contributed by atoms with Gasteiger partial charge >= 0.3 is 0 Å². The quantitative estimate of drug-likeness (QED) is 0.358. The fourth-order valence-electron chi connectivity index (χ4n) is 1.62. The molecule has 0 aliphatic carbocycles. The van der Waals surface area contributed by atoms with Crippen molar-refractivity contribution in [1.29, 1.82) is 5.26 Å². The van der Waals surface area contributed by atoms with Crippen molar-refractivity contribution >= 4 is 29.0 Å². The van der Waals surface area contributed by atoms with E-state index in [2.05, 4.69) is 0 Å². The summed E-state index contributed by atoms with van der Waals surface area (Å²) in [7, 11) is 1.44. The van der Waals surface area contributed by atoms with Crippen molar-refractivity contribution < 1.29 is 14.5 Å². The Bertz CT molecular complexity index is 639. The fraction of sp³-hybridized carbons (Fsp3) is 0.308. The maximum absolute atomic E-state index is 12.3. The largest absolute Gasteiger partial charge is 0.344 e. The molecule has 8 heteroatoms. The van der Waals surface area contributed by atoms with E-state index in [0.29, 0.717) is 6.54 Å². The molecule has 0 fully saturated rings. The molecule has 0 aromatic heterocycles. The summed E-state index contributed by atoms with van der Waals surface area (Å²) in [5.41, 5.74) is -0.839. The summed E-state index contributed by atoms with van der Waals surface area (Å²) in [6, 6.07) is 5.05. The van der Waals surface area contributed by atoms with Gasteiger partial charge in [0.05, 0.1) is 16.6 Å². The molecular weight excluding hydrogens is 298 g/mol. The highest BCUT2D eigenvalue weighted by molar-refractivity contribution is 6.31. The average Bonchev–Trinajstić information content (AvgIpc) is 2.46. The highest BCUT2D eigenvalue weighted by atomic mass is 35.5. The number of nitro benzene ring substituents is 1. The first-order chi connectivity index (χ1) is 9.83. The van der Waals surface area contributed by atoms with Crippen LogP contribution in [0.15, 0.2) is 18.2 Å². The number of nitro groups is 1. The Hall–Kier alpha value is -2.46. The zero-order valence-corrected chi connectivity index (χ0v) is 12.1. The van der Waals surface area contributed by atoms with E-state index in [4.69, 9.17) is 16.9 Å². The number of benzene rings is 1. The second-order valence-corrected chi connectivity index (χ2v) is 4.63. The zero-order chi connectivity index (χ0) is 16.2. The third kappa shape index (κ3) is 3.55. The number of Topliss-reactive ketones (excluding diaryl/α,β-unsaturated/α-hetero) is 1. The molecule has 7 nitrogen and oxygen atoms in total. The number of ketones is 1. The molecule has 110 valence electrons. The van der Waals surface area contributed by atoms with Gasteiger partial charge < -0.3 is 4.90 Å². The number of carbonyl (C=O) groups excluding carboxylic acids is 2. The summed E-state index contributed by atoms with van der Waals surface area (Å²) in [5.74, 6) is -3.23. The van der Waals surface area contributed by atoms with Gasteiger partial charge in [-0.3, -0.25) is 19.7 Å². The van der Waals surface area contributed by atoms with Crippen LogP contribution in [0, 0.1) is 27.4 Å². The van der Waals surface area contributed by atoms with Crippen molar-refractivity contribution in [3.05, 3.63) is 38.9 Å². The maximum Gasteiger partial charge on any atom is 0.281 e. The standard InChI is InChI=1S/C13H12ClN3O4/c1-3-16(2)13(19)10(7-15)12(18)9-5-4-8(14)6-11(9)17(20)21/h4-6,10H,3H2,1-2H3. The molecule has 0 bridgehead atoms. The van der Waals surface area contributed by atoms with Crippen LogP contribution in [-0.2, 0) is 4.79 Å². The third-order valence-corrected chi connectivity index (χ3v) is 3.15. The molecule has 1 aromatic carbocycles. The number of halogens is 1. The first kappa shape index (κ1) is 16.6. The molecule has 0 N–H and O–H groups in total. The van der Waals surface area contributed by atoms with Crippen LogP contribution in [0.2, 0.25) is 5.02 Å². The zero-order valence-electron chi connectivity index (χ0n) is 11.4. The van der Waals surface area contributed by atoms with E-state index >= 15 is 0 Å². The molecule has 0 saturated heterocycles. The molecule has 0 heterocycles. The lowest BCUT2D eigenvalue weighted by Crippen LogP contribution is -2.36. The van der Waals surface area contributed by atoms with E-state index in [1.807, 2.05) is 0 Å². The van der Waals surface area contributed by atoms with Crippen LogP contribution in [0.1, 0.15) is 17.3 Å². The van der Waals surface area contributed by atoms with Crippen molar-refractivity contribution in [3.8, 4) is 6.07 Å². The fourth-order valence-corrected chi connectivity index (χ4v) is 1.79. The summed E-state index contributed by atoms with van der Waals surface area (Å²) in [6.45, 7) is 1.99. The maximum atomic E-state index is 12.3. The van der Waals surface area contributed by atoms with Crippen LogP contribution in [0.3, 0.4) is 0 Å². The molecule has 1 amide bonds. The van der Waals surface area contributed by atoms with Gasteiger partial charge in [0.25, 0.3) is 5.69 Å². The van der Waals surface area contributed by atoms with E-state index in [9.17, 15) is 19.7 Å². The SMILES string of the molecule is CCN(C)C(=O)C(C#N)C(=O)c1ccc(Cl)cc1[N+](=O)[O-]. The first-order valence-electron chi connectivity index (χ1n) is 5.96. The van der Waals surface area contributed by atoms with Gasteiger partial charge in [0, 0.05) is 24.7 Å². The van der Waals surface area contributed by atoms with Crippen LogP contribution < -0.4 is 0 Å². The summed E-state index contributed by atoms with van der Waals surface area (Å²) >= 11 is 5.66. The van der Waals surface area contributed by atoms with Crippen LogP contribution in [0.25, 0.3) is 0 Å². The van der Waals surface area contributed by atoms with Crippen molar-refractivity contribution in [2.24, 2.45) is 5.92 Å². The second kappa shape index (κ2) is 6.81. The van der Waals surface area contributed by atoms with Gasteiger partial charge in [0.15, 0.2) is 11.7 Å².